The van der Waals surface area contributed by atoms with Crippen LogP contribution in [0, 0.1) is 0 Å². The van der Waals surface area contributed by atoms with Gasteiger partial charge in [-0.05, 0) is 42.5 Å². The summed E-state index contributed by atoms with van der Waals surface area (Å²) in [7, 11) is 1.85. The van der Waals surface area contributed by atoms with Gasteiger partial charge in [-0.25, -0.2) is 0 Å². The summed E-state index contributed by atoms with van der Waals surface area (Å²) in [6.45, 7) is 0.188. The van der Waals surface area contributed by atoms with Crippen LogP contribution in [0.4, 0.5) is 0 Å². The molecule has 3 aromatic rings. The number of carbonyl (C=O) groups is 1. The van der Waals surface area contributed by atoms with Gasteiger partial charge in [0.25, 0.3) is 0 Å². The second kappa shape index (κ2) is 6.24. The summed E-state index contributed by atoms with van der Waals surface area (Å²) in [4.78, 5) is 16.5. The molecule has 0 bridgehead atoms. The summed E-state index contributed by atoms with van der Waals surface area (Å²) in [5, 5.41) is 4.47. The Bertz CT molecular complexity index is 961. The minimum Gasteiger partial charge on any atom is -0.454 e. The highest BCUT2D eigenvalue weighted by molar-refractivity contribution is 6.07. The van der Waals surface area contributed by atoms with Crippen LogP contribution < -0.4 is 9.47 Å². The number of ketones is 1. The topological polar surface area (TPSA) is 66.2 Å². The van der Waals surface area contributed by atoms with E-state index in [1.165, 1.54) is 0 Å². The number of benzene rings is 1. The fourth-order valence-corrected chi connectivity index (χ4v) is 2.67. The van der Waals surface area contributed by atoms with Gasteiger partial charge in [-0.3, -0.25) is 14.5 Å². The Balaban J connectivity index is 1.61. The Morgan fingerprint density at radius 2 is 1.96 bits per heavy atom. The first-order valence-corrected chi connectivity index (χ1v) is 7.77. The van der Waals surface area contributed by atoms with Crippen LogP contribution in [0.1, 0.15) is 15.9 Å². The molecule has 0 N–H and O–H groups in total. The fraction of sp³-hybridized carbons (Fsp3) is 0.105. The highest BCUT2D eigenvalue weighted by Gasteiger charge is 2.15. The first-order valence-electron chi connectivity index (χ1n) is 7.77. The molecular formula is C19H15N3O3. The maximum atomic E-state index is 12.5. The van der Waals surface area contributed by atoms with E-state index in [-0.39, 0.29) is 12.6 Å². The highest BCUT2D eigenvalue weighted by atomic mass is 16.7. The second-order valence-electron chi connectivity index (χ2n) is 5.61. The lowest BCUT2D eigenvalue weighted by Crippen LogP contribution is -1.94. The molecule has 1 aliphatic rings. The summed E-state index contributed by atoms with van der Waals surface area (Å²) in [5.41, 5.74) is 3.17. The van der Waals surface area contributed by atoms with Gasteiger partial charge in [0, 0.05) is 42.3 Å². The van der Waals surface area contributed by atoms with Crippen LogP contribution >= 0.6 is 0 Å². The summed E-state index contributed by atoms with van der Waals surface area (Å²) < 4.78 is 12.3. The maximum Gasteiger partial charge on any atom is 0.231 e. The van der Waals surface area contributed by atoms with E-state index in [1.807, 2.05) is 25.4 Å². The Morgan fingerprint density at radius 1 is 1.16 bits per heavy atom. The van der Waals surface area contributed by atoms with E-state index in [9.17, 15) is 4.79 Å². The predicted octanol–water partition coefficient (Wildman–Crippen LogP) is 3.11. The van der Waals surface area contributed by atoms with E-state index in [1.54, 1.807) is 47.4 Å². The van der Waals surface area contributed by atoms with Crippen LogP contribution in [0.25, 0.3) is 17.3 Å². The van der Waals surface area contributed by atoms with Gasteiger partial charge in [0.1, 0.15) is 0 Å². The number of carbonyl (C=O) groups excluding carboxylic acids is 1. The zero-order valence-electron chi connectivity index (χ0n) is 13.5. The van der Waals surface area contributed by atoms with E-state index in [2.05, 4.69) is 10.1 Å². The van der Waals surface area contributed by atoms with Crippen molar-refractivity contribution < 1.29 is 14.3 Å². The number of aromatic nitrogens is 3. The average molecular weight is 333 g/mol. The number of aryl methyl sites for hydroxylation is 1. The van der Waals surface area contributed by atoms with Gasteiger partial charge in [-0.15, -0.1) is 0 Å². The zero-order chi connectivity index (χ0) is 17.2. The van der Waals surface area contributed by atoms with E-state index >= 15 is 0 Å². The standard InChI is InChI=1S/C19H15N3O3/c1-22-11-15(19(21-22)13-6-8-20-9-7-13)2-4-16(23)14-3-5-17-18(10-14)25-12-24-17/h2-11H,12H2,1H3/b4-2+. The predicted molar refractivity (Wildman–Crippen MR) is 92.4 cm³/mol. The molecule has 0 unspecified atom stereocenters. The van der Waals surface area contributed by atoms with Crippen LogP contribution in [0.5, 0.6) is 11.5 Å². The number of hydrogen-bond donors (Lipinski definition) is 0. The second-order valence-corrected chi connectivity index (χ2v) is 5.61. The minimum absolute atomic E-state index is 0.108. The molecule has 6 nitrogen and oxygen atoms in total. The van der Waals surface area contributed by atoms with Crippen molar-refractivity contribution in [3.05, 3.63) is 66.1 Å². The van der Waals surface area contributed by atoms with Crippen LogP contribution in [0.3, 0.4) is 0 Å². The van der Waals surface area contributed by atoms with Crippen molar-refractivity contribution in [2.75, 3.05) is 6.79 Å². The Morgan fingerprint density at radius 3 is 2.80 bits per heavy atom. The SMILES string of the molecule is Cn1cc(/C=C/C(=O)c2ccc3c(c2)OCO3)c(-c2ccncc2)n1. The van der Waals surface area contributed by atoms with Gasteiger partial charge in [-0.2, -0.15) is 5.10 Å². The van der Waals surface area contributed by atoms with E-state index in [0.29, 0.717) is 17.1 Å². The monoisotopic (exact) mass is 333 g/mol. The summed E-state index contributed by atoms with van der Waals surface area (Å²) in [6, 6.07) is 8.95. The van der Waals surface area contributed by atoms with E-state index < -0.39 is 0 Å². The maximum absolute atomic E-state index is 12.5. The molecule has 1 aliphatic heterocycles. The summed E-state index contributed by atoms with van der Waals surface area (Å²) >= 11 is 0. The number of fused-ring (bicyclic) bond motifs is 1. The molecule has 4 rings (SSSR count). The molecule has 0 amide bonds. The lowest BCUT2D eigenvalue weighted by atomic mass is 10.1. The summed E-state index contributed by atoms with van der Waals surface area (Å²) in [5.74, 6) is 1.15. The molecule has 1 aromatic carbocycles. The molecular weight excluding hydrogens is 318 g/mol. The first-order chi connectivity index (χ1) is 12.2. The third-order valence-corrected chi connectivity index (χ3v) is 3.88. The van der Waals surface area contributed by atoms with Crippen LogP contribution in [-0.4, -0.2) is 27.3 Å². The number of rotatable bonds is 4. The van der Waals surface area contributed by atoms with Crippen molar-refractivity contribution in [3.8, 4) is 22.8 Å². The van der Waals surface area contributed by atoms with Gasteiger partial charge in [-0.1, -0.05) is 0 Å². The first kappa shape index (κ1) is 15.1. The number of hydrogen-bond acceptors (Lipinski definition) is 5. The van der Waals surface area contributed by atoms with E-state index in [4.69, 9.17) is 9.47 Å². The average Bonchev–Trinajstić information content (AvgIpc) is 3.25. The zero-order valence-corrected chi connectivity index (χ0v) is 13.5. The summed E-state index contributed by atoms with van der Waals surface area (Å²) in [6.07, 6.45) is 8.62. The van der Waals surface area contributed by atoms with Crippen molar-refractivity contribution in [1.82, 2.24) is 14.8 Å². The Kier molecular flexibility index (Phi) is 3.78. The van der Waals surface area contributed by atoms with Gasteiger partial charge < -0.3 is 9.47 Å². The highest BCUT2D eigenvalue weighted by Crippen LogP contribution is 2.32. The molecule has 0 spiro atoms. The van der Waals surface area contributed by atoms with Crippen molar-refractivity contribution >= 4 is 11.9 Å². The van der Waals surface area contributed by atoms with Crippen molar-refractivity contribution in [2.45, 2.75) is 0 Å². The van der Waals surface area contributed by atoms with E-state index in [0.717, 1.165) is 16.8 Å². The quantitative estimate of drug-likeness (QED) is 0.542. The third kappa shape index (κ3) is 3.01. The molecule has 0 radical (unpaired) electrons. The number of nitrogens with zero attached hydrogens (tertiary/aromatic N) is 3. The molecule has 6 heteroatoms. The van der Waals surface area contributed by atoms with Gasteiger partial charge in [0.15, 0.2) is 17.3 Å². The van der Waals surface area contributed by atoms with Gasteiger partial charge in [0.05, 0.1) is 5.69 Å². The lowest BCUT2D eigenvalue weighted by molar-refractivity contribution is 0.104. The third-order valence-electron chi connectivity index (χ3n) is 3.88. The van der Waals surface area contributed by atoms with Crippen LogP contribution in [0.2, 0.25) is 0 Å². The Hall–Kier alpha value is -3.41. The molecule has 0 aliphatic carbocycles. The number of allylic oxidation sites excluding steroid dienone is 1. The number of pyridine rings is 1. The number of ether oxygens (including phenoxy) is 2. The van der Waals surface area contributed by atoms with Crippen molar-refractivity contribution in [2.24, 2.45) is 7.05 Å². The Labute approximate surface area is 144 Å². The molecule has 2 aromatic heterocycles. The van der Waals surface area contributed by atoms with Crippen LogP contribution in [0.15, 0.2) is 55.0 Å². The lowest BCUT2D eigenvalue weighted by Gasteiger charge is -2.00. The molecule has 0 saturated carbocycles. The smallest absolute Gasteiger partial charge is 0.231 e. The molecule has 25 heavy (non-hydrogen) atoms. The largest absolute Gasteiger partial charge is 0.454 e. The normalized spacial score (nSPS) is 12.7. The molecule has 0 saturated heterocycles. The molecule has 3 heterocycles. The molecule has 0 fully saturated rings. The molecule has 0 atom stereocenters. The fourth-order valence-electron chi connectivity index (χ4n) is 2.67. The minimum atomic E-state index is -0.108. The molecule has 124 valence electrons. The van der Waals surface area contributed by atoms with Gasteiger partial charge in [0.2, 0.25) is 6.79 Å². The van der Waals surface area contributed by atoms with Crippen LogP contribution in [-0.2, 0) is 7.05 Å². The van der Waals surface area contributed by atoms with Crippen molar-refractivity contribution in [3.63, 3.8) is 0 Å². The van der Waals surface area contributed by atoms with Gasteiger partial charge >= 0.3 is 0 Å². The van der Waals surface area contributed by atoms with Crippen molar-refractivity contribution in [1.29, 1.82) is 0 Å².